The van der Waals surface area contributed by atoms with Gasteiger partial charge in [0.15, 0.2) is 0 Å². The van der Waals surface area contributed by atoms with Gasteiger partial charge in [-0.05, 0) is 63.2 Å². The zero-order chi connectivity index (χ0) is 35.3. The Morgan fingerprint density at radius 3 is 2.33 bits per heavy atom. The average Bonchev–Trinajstić information content (AvgIpc) is 3.09. The summed E-state index contributed by atoms with van der Waals surface area (Å²) in [6.07, 6.45) is 0. The maximum atomic E-state index is 13.3. The number of carbonyl (C=O) groups is 3. The van der Waals surface area contributed by atoms with Crippen LogP contribution in [0, 0.1) is 6.92 Å². The van der Waals surface area contributed by atoms with E-state index in [0.29, 0.717) is 72.8 Å². The van der Waals surface area contributed by atoms with Crippen molar-refractivity contribution in [3.05, 3.63) is 93.6 Å². The number of urea groups is 1. The summed E-state index contributed by atoms with van der Waals surface area (Å²) in [5.74, 6) is -0.0642. The van der Waals surface area contributed by atoms with Crippen LogP contribution in [0.4, 0.5) is 16.2 Å². The number of para-hydroxylation sites is 1. The van der Waals surface area contributed by atoms with Crippen LogP contribution < -0.4 is 20.3 Å². The fraction of sp³-hybridized carbons (Fsp3) is 0.333. The first-order valence-corrected chi connectivity index (χ1v) is 16.7. The van der Waals surface area contributed by atoms with Gasteiger partial charge in [-0.3, -0.25) is 9.59 Å². The summed E-state index contributed by atoms with van der Waals surface area (Å²) < 4.78 is 17.0. The minimum atomic E-state index is -0.619. The van der Waals surface area contributed by atoms with Crippen LogP contribution in [0.2, 0.25) is 10.0 Å². The molecule has 3 aromatic carbocycles. The van der Waals surface area contributed by atoms with E-state index in [2.05, 4.69) is 15.6 Å². The predicted octanol–water partition coefficient (Wildman–Crippen LogP) is 6.73. The van der Waals surface area contributed by atoms with Gasteiger partial charge in [0.05, 0.1) is 30.5 Å². The molecule has 1 aromatic heterocycles. The van der Waals surface area contributed by atoms with Crippen LogP contribution >= 0.6 is 23.2 Å². The number of carbonyl (C=O) groups excluding carboxylic acids is 3. The number of hydrogen-bond donors (Lipinski definition) is 2. The van der Waals surface area contributed by atoms with Crippen molar-refractivity contribution >= 4 is 63.3 Å². The molecule has 0 aliphatic heterocycles. The lowest BCUT2D eigenvalue weighted by molar-refractivity contribution is -0.117. The number of nitrogens with zero attached hydrogens (tertiary/aromatic N) is 3. The van der Waals surface area contributed by atoms with Gasteiger partial charge in [0.1, 0.15) is 17.9 Å². The highest BCUT2D eigenvalue weighted by molar-refractivity contribution is 6.38. The van der Waals surface area contributed by atoms with Crippen LogP contribution in [0.25, 0.3) is 10.9 Å². The number of anilines is 2. The Morgan fingerprint density at radius 2 is 1.61 bits per heavy atom. The van der Waals surface area contributed by atoms with Gasteiger partial charge in [0.2, 0.25) is 5.91 Å². The summed E-state index contributed by atoms with van der Waals surface area (Å²) >= 11 is 13.2. The lowest BCUT2D eigenvalue weighted by Crippen LogP contribution is -2.40. The molecule has 0 bridgehead atoms. The zero-order valence-electron chi connectivity index (χ0n) is 28.1. The van der Waals surface area contributed by atoms with Crippen molar-refractivity contribution in [2.24, 2.45) is 0 Å². The number of likely N-dealkylation sites (N-methyl/N-ethyl adjacent to an activating group) is 1. The van der Waals surface area contributed by atoms with E-state index in [1.165, 1.54) is 4.90 Å². The van der Waals surface area contributed by atoms with Crippen LogP contribution in [0.15, 0.2) is 66.7 Å². The SMILES string of the molecule is CCOCCN(CCOCC)C(=O)c1cccc(NC(=O)NCC(=O)N(C)c2ccc(Cl)c(COc3cccc4ccc(C)nc34)c2Cl)c1. The Morgan fingerprint density at radius 1 is 0.898 bits per heavy atom. The fourth-order valence-electron chi connectivity index (χ4n) is 4.91. The van der Waals surface area contributed by atoms with Gasteiger partial charge in [-0.15, -0.1) is 0 Å². The number of aromatic nitrogens is 1. The Hall–Kier alpha value is -4.42. The Balaban J connectivity index is 1.36. The molecule has 4 aromatic rings. The van der Waals surface area contributed by atoms with Crippen molar-refractivity contribution in [1.29, 1.82) is 0 Å². The van der Waals surface area contributed by atoms with Gasteiger partial charge in [-0.25, -0.2) is 9.78 Å². The summed E-state index contributed by atoms with van der Waals surface area (Å²) in [6, 6.07) is 18.8. The lowest BCUT2D eigenvalue weighted by atomic mass is 10.1. The van der Waals surface area contributed by atoms with E-state index in [1.54, 1.807) is 48.3 Å². The number of fused-ring (bicyclic) bond motifs is 1. The highest BCUT2D eigenvalue weighted by Crippen LogP contribution is 2.35. The smallest absolute Gasteiger partial charge is 0.319 e. The molecule has 0 atom stereocenters. The quantitative estimate of drug-likeness (QED) is 0.124. The van der Waals surface area contributed by atoms with E-state index in [-0.39, 0.29) is 24.1 Å². The monoisotopic (exact) mass is 709 g/mol. The predicted molar refractivity (Wildman–Crippen MR) is 193 cm³/mol. The summed E-state index contributed by atoms with van der Waals surface area (Å²) in [5, 5.41) is 6.81. The lowest BCUT2D eigenvalue weighted by Gasteiger charge is -2.23. The molecule has 13 heteroatoms. The normalized spacial score (nSPS) is 10.9. The minimum Gasteiger partial charge on any atom is -0.487 e. The second-order valence-corrected chi connectivity index (χ2v) is 11.7. The largest absolute Gasteiger partial charge is 0.487 e. The van der Waals surface area contributed by atoms with Gasteiger partial charge in [0, 0.05) is 66.3 Å². The molecular formula is C36H41Cl2N5O6. The van der Waals surface area contributed by atoms with Crippen LogP contribution in [0.1, 0.15) is 35.5 Å². The summed E-state index contributed by atoms with van der Waals surface area (Å²) in [7, 11) is 1.55. The number of nitrogens with one attached hydrogen (secondary N) is 2. The minimum absolute atomic E-state index is 0.0429. The maximum absolute atomic E-state index is 13.3. The standard InChI is InChI=1S/C36H41Cl2N5O6/c1-5-47-19-17-43(18-20-48-6-2)35(45)26-10-7-11-27(21-26)41-36(46)39-22-32(44)42(4)30-16-15-29(37)28(33(30)38)23-49-31-12-8-9-25-14-13-24(3)40-34(25)31/h7-16,21H,5-6,17-20,22-23H2,1-4H3,(H2,39,41,46). The second kappa shape index (κ2) is 18.4. The molecule has 2 N–H and O–H groups in total. The molecule has 0 aliphatic carbocycles. The van der Waals surface area contributed by atoms with Crippen molar-refractivity contribution in [2.45, 2.75) is 27.4 Å². The number of halogens is 2. The number of pyridine rings is 1. The third kappa shape index (κ3) is 10.3. The number of rotatable bonds is 16. The molecule has 0 saturated carbocycles. The van der Waals surface area contributed by atoms with Crippen molar-refractivity contribution in [3.63, 3.8) is 0 Å². The van der Waals surface area contributed by atoms with Crippen LogP contribution in [0.5, 0.6) is 5.75 Å². The van der Waals surface area contributed by atoms with Crippen LogP contribution in [-0.4, -0.2) is 80.8 Å². The van der Waals surface area contributed by atoms with Crippen LogP contribution in [-0.2, 0) is 20.9 Å². The summed E-state index contributed by atoms with van der Waals surface area (Å²) in [6.45, 7) is 8.12. The van der Waals surface area contributed by atoms with Crippen molar-refractivity contribution in [2.75, 3.05) is 63.3 Å². The molecule has 0 radical (unpaired) electrons. The molecule has 4 amide bonds. The number of aryl methyl sites for hydroxylation is 1. The van der Waals surface area contributed by atoms with E-state index in [0.717, 1.165) is 16.6 Å². The maximum Gasteiger partial charge on any atom is 0.319 e. The molecule has 1 heterocycles. The average molecular weight is 711 g/mol. The molecule has 0 spiro atoms. The first kappa shape index (κ1) is 37.4. The van der Waals surface area contributed by atoms with Gasteiger partial charge in [0.25, 0.3) is 5.91 Å². The van der Waals surface area contributed by atoms with Crippen LogP contribution in [0.3, 0.4) is 0 Å². The van der Waals surface area contributed by atoms with E-state index < -0.39 is 11.9 Å². The number of ether oxygens (including phenoxy) is 3. The van der Waals surface area contributed by atoms with Gasteiger partial charge in [-0.1, -0.05) is 47.5 Å². The summed E-state index contributed by atoms with van der Waals surface area (Å²) in [5.41, 5.74) is 3.26. The number of hydrogen-bond acceptors (Lipinski definition) is 7. The third-order valence-electron chi connectivity index (χ3n) is 7.57. The Kier molecular flexibility index (Phi) is 14.0. The topological polar surface area (TPSA) is 122 Å². The summed E-state index contributed by atoms with van der Waals surface area (Å²) in [4.78, 5) is 46.7. The Bertz CT molecular complexity index is 1760. The van der Waals surface area contributed by atoms with Crippen molar-refractivity contribution in [1.82, 2.24) is 15.2 Å². The molecule has 0 aliphatic rings. The van der Waals surface area contributed by atoms with Gasteiger partial charge < -0.3 is 34.6 Å². The van der Waals surface area contributed by atoms with E-state index in [9.17, 15) is 14.4 Å². The molecule has 49 heavy (non-hydrogen) atoms. The first-order valence-electron chi connectivity index (χ1n) is 15.9. The highest BCUT2D eigenvalue weighted by atomic mass is 35.5. The fourth-order valence-corrected chi connectivity index (χ4v) is 5.52. The van der Waals surface area contributed by atoms with E-state index in [1.807, 2.05) is 51.1 Å². The zero-order valence-corrected chi connectivity index (χ0v) is 29.6. The van der Waals surface area contributed by atoms with Gasteiger partial charge >= 0.3 is 6.03 Å². The van der Waals surface area contributed by atoms with Gasteiger partial charge in [-0.2, -0.15) is 0 Å². The molecule has 0 unspecified atom stereocenters. The highest BCUT2D eigenvalue weighted by Gasteiger charge is 2.20. The molecule has 11 nitrogen and oxygen atoms in total. The third-order valence-corrected chi connectivity index (χ3v) is 8.35. The second-order valence-electron chi connectivity index (χ2n) is 11.0. The molecule has 0 fully saturated rings. The Labute approximate surface area is 296 Å². The molecule has 260 valence electrons. The number of benzene rings is 3. The number of amides is 4. The molecular weight excluding hydrogens is 669 g/mol. The van der Waals surface area contributed by atoms with Crippen molar-refractivity contribution < 1.29 is 28.6 Å². The van der Waals surface area contributed by atoms with E-state index >= 15 is 0 Å². The molecule has 0 saturated heterocycles. The first-order chi connectivity index (χ1) is 23.6. The van der Waals surface area contributed by atoms with E-state index in [4.69, 9.17) is 37.4 Å². The molecule has 4 rings (SSSR count). The van der Waals surface area contributed by atoms with Crippen molar-refractivity contribution in [3.8, 4) is 5.75 Å².